The minimum atomic E-state index is -0.974. The lowest BCUT2D eigenvalue weighted by molar-refractivity contribution is -0.136. The summed E-state index contributed by atoms with van der Waals surface area (Å²) in [6, 6.07) is 14.6. The molecule has 0 atom stereocenters. The molecule has 0 amide bonds. The highest BCUT2D eigenvalue weighted by Gasteiger charge is 2.12. The van der Waals surface area contributed by atoms with Crippen LogP contribution < -0.4 is 4.74 Å². The number of aliphatic carboxylic acids is 1. The lowest BCUT2D eigenvalue weighted by atomic mass is 10.0. The zero-order valence-electron chi connectivity index (χ0n) is 11.7. The van der Waals surface area contributed by atoms with Crippen molar-refractivity contribution in [3.8, 4) is 5.75 Å². The summed E-state index contributed by atoms with van der Waals surface area (Å²) in [4.78, 5) is 22.4. The van der Waals surface area contributed by atoms with Gasteiger partial charge in [-0.15, -0.1) is 0 Å². The van der Waals surface area contributed by atoms with Crippen LogP contribution in [-0.4, -0.2) is 16.9 Å². The van der Waals surface area contributed by atoms with Crippen LogP contribution in [0, 0.1) is 0 Å². The van der Waals surface area contributed by atoms with Crippen LogP contribution in [0.5, 0.6) is 5.75 Å². The summed E-state index contributed by atoms with van der Waals surface area (Å²) >= 11 is 0. The van der Waals surface area contributed by atoms with E-state index in [0.717, 1.165) is 5.56 Å². The van der Waals surface area contributed by atoms with Crippen LogP contribution in [0.25, 0.3) is 0 Å². The van der Waals surface area contributed by atoms with Crippen LogP contribution in [0.1, 0.15) is 28.4 Å². The lowest BCUT2D eigenvalue weighted by Crippen LogP contribution is -2.07. The third-order valence-electron chi connectivity index (χ3n) is 3.05. The maximum atomic E-state index is 11.5. The normalized spacial score (nSPS) is 10.1. The third kappa shape index (κ3) is 4.18. The van der Waals surface area contributed by atoms with Gasteiger partial charge in [0.1, 0.15) is 12.4 Å². The molecule has 21 heavy (non-hydrogen) atoms. The molecule has 0 radical (unpaired) electrons. The van der Waals surface area contributed by atoms with Gasteiger partial charge in [-0.05, 0) is 36.2 Å². The molecule has 0 heterocycles. The van der Waals surface area contributed by atoms with Crippen molar-refractivity contribution in [2.45, 2.75) is 20.0 Å². The highest BCUT2D eigenvalue weighted by atomic mass is 16.5. The Labute approximate surface area is 123 Å². The topological polar surface area (TPSA) is 63.6 Å². The lowest BCUT2D eigenvalue weighted by Gasteiger charge is -2.10. The number of carbonyl (C=O) groups is 2. The first-order chi connectivity index (χ1) is 10.1. The van der Waals surface area contributed by atoms with E-state index in [-0.39, 0.29) is 12.2 Å². The molecule has 2 aromatic carbocycles. The van der Waals surface area contributed by atoms with Crippen LogP contribution in [0.3, 0.4) is 0 Å². The number of benzene rings is 2. The van der Waals surface area contributed by atoms with E-state index in [1.807, 2.05) is 30.3 Å². The molecule has 0 aliphatic carbocycles. The van der Waals surface area contributed by atoms with Gasteiger partial charge in [-0.1, -0.05) is 30.3 Å². The fourth-order valence-electron chi connectivity index (χ4n) is 2.05. The second kappa shape index (κ2) is 6.70. The quantitative estimate of drug-likeness (QED) is 0.828. The second-order valence-electron chi connectivity index (χ2n) is 4.72. The average Bonchev–Trinajstić information content (AvgIpc) is 2.45. The van der Waals surface area contributed by atoms with Crippen molar-refractivity contribution in [2.75, 3.05) is 0 Å². The molecular weight excluding hydrogens is 268 g/mol. The maximum Gasteiger partial charge on any atom is 0.307 e. The summed E-state index contributed by atoms with van der Waals surface area (Å²) in [5.74, 6) is -0.571. The number of carboxylic acids is 1. The van der Waals surface area contributed by atoms with E-state index in [1.54, 1.807) is 18.2 Å². The molecule has 2 aromatic rings. The molecule has 0 saturated carbocycles. The Morgan fingerprint density at radius 3 is 2.43 bits per heavy atom. The Morgan fingerprint density at radius 2 is 1.81 bits per heavy atom. The first-order valence-electron chi connectivity index (χ1n) is 6.58. The van der Waals surface area contributed by atoms with Crippen molar-refractivity contribution < 1.29 is 19.4 Å². The summed E-state index contributed by atoms with van der Waals surface area (Å²) in [6.07, 6.45) is -0.197. The van der Waals surface area contributed by atoms with E-state index in [2.05, 4.69) is 0 Å². The summed E-state index contributed by atoms with van der Waals surface area (Å²) in [7, 11) is 0. The average molecular weight is 284 g/mol. The summed E-state index contributed by atoms with van der Waals surface area (Å²) in [5, 5.41) is 8.92. The van der Waals surface area contributed by atoms with Gasteiger partial charge in [0.2, 0.25) is 0 Å². The number of ketones is 1. The number of rotatable bonds is 6. The molecule has 108 valence electrons. The molecule has 0 aliphatic heterocycles. The molecular formula is C17H16O4. The number of carbonyl (C=O) groups excluding carboxylic acids is 1. The Balaban J connectivity index is 2.17. The van der Waals surface area contributed by atoms with E-state index in [9.17, 15) is 9.59 Å². The van der Waals surface area contributed by atoms with E-state index < -0.39 is 5.97 Å². The number of hydrogen-bond acceptors (Lipinski definition) is 3. The molecule has 0 aliphatic rings. The molecule has 0 fully saturated rings. The first-order valence-corrected chi connectivity index (χ1v) is 6.58. The van der Waals surface area contributed by atoms with Crippen LogP contribution in [-0.2, 0) is 17.8 Å². The van der Waals surface area contributed by atoms with Gasteiger partial charge in [0.05, 0.1) is 6.42 Å². The maximum absolute atomic E-state index is 11.5. The van der Waals surface area contributed by atoms with E-state index in [1.165, 1.54) is 6.92 Å². The molecule has 4 nitrogen and oxygen atoms in total. The number of hydrogen-bond donors (Lipinski definition) is 1. The van der Waals surface area contributed by atoms with Crippen LogP contribution in [0.2, 0.25) is 0 Å². The minimum Gasteiger partial charge on any atom is -0.489 e. The van der Waals surface area contributed by atoms with Crippen molar-refractivity contribution >= 4 is 11.8 Å². The molecule has 4 heteroatoms. The fourth-order valence-corrected chi connectivity index (χ4v) is 2.05. The van der Waals surface area contributed by atoms with E-state index in [0.29, 0.717) is 23.5 Å². The Kier molecular flexibility index (Phi) is 4.72. The summed E-state index contributed by atoms with van der Waals surface area (Å²) < 4.78 is 5.64. The predicted molar refractivity (Wildman–Crippen MR) is 78.6 cm³/mol. The molecule has 0 spiro atoms. The van der Waals surface area contributed by atoms with E-state index >= 15 is 0 Å². The van der Waals surface area contributed by atoms with Crippen LogP contribution in [0.15, 0.2) is 48.5 Å². The van der Waals surface area contributed by atoms with E-state index in [4.69, 9.17) is 9.84 Å². The highest BCUT2D eigenvalue weighted by molar-refractivity contribution is 5.96. The van der Waals surface area contributed by atoms with Crippen LogP contribution in [0.4, 0.5) is 0 Å². The van der Waals surface area contributed by atoms with Crippen molar-refractivity contribution in [2.24, 2.45) is 0 Å². The van der Waals surface area contributed by atoms with Crippen molar-refractivity contribution in [1.82, 2.24) is 0 Å². The SMILES string of the molecule is CC(=O)c1ccc(OCc2ccccc2)cc1CC(=O)O. The van der Waals surface area contributed by atoms with Gasteiger partial charge in [0, 0.05) is 5.56 Å². The standard InChI is InChI=1S/C17H16O4/c1-12(18)16-8-7-15(9-14(16)10-17(19)20)21-11-13-5-3-2-4-6-13/h2-9H,10-11H2,1H3,(H,19,20). The first kappa shape index (κ1) is 14.8. The van der Waals surface area contributed by atoms with Crippen molar-refractivity contribution in [1.29, 1.82) is 0 Å². The second-order valence-corrected chi connectivity index (χ2v) is 4.72. The summed E-state index contributed by atoms with van der Waals surface area (Å²) in [5.41, 5.74) is 1.91. The number of Topliss-reactive ketones (excluding diaryl/α,β-unsaturated/α-hetero) is 1. The van der Waals surface area contributed by atoms with Gasteiger partial charge in [0.15, 0.2) is 5.78 Å². The predicted octanol–water partition coefficient (Wildman–Crippen LogP) is 3.10. The third-order valence-corrected chi connectivity index (χ3v) is 3.05. The monoisotopic (exact) mass is 284 g/mol. The molecule has 0 bridgehead atoms. The van der Waals surface area contributed by atoms with Crippen molar-refractivity contribution in [3.05, 3.63) is 65.2 Å². The highest BCUT2D eigenvalue weighted by Crippen LogP contribution is 2.20. The molecule has 0 saturated heterocycles. The molecule has 1 N–H and O–H groups in total. The number of ether oxygens (including phenoxy) is 1. The Bertz CT molecular complexity index is 647. The largest absolute Gasteiger partial charge is 0.489 e. The Hall–Kier alpha value is -2.62. The minimum absolute atomic E-state index is 0.152. The van der Waals surface area contributed by atoms with Gasteiger partial charge in [-0.3, -0.25) is 9.59 Å². The van der Waals surface area contributed by atoms with Gasteiger partial charge in [0.25, 0.3) is 0 Å². The fraction of sp³-hybridized carbons (Fsp3) is 0.176. The zero-order chi connectivity index (χ0) is 15.2. The van der Waals surface area contributed by atoms with Gasteiger partial charge >= 0.3 is 5.97 Å². The van der Waals surface area contributed by atoms with Gasteiger partial charge < -0.3 is 9.84 Å². The molecule has 0 unspecified atom stereocenters. The van der Waals surface area contributed by atoms with Crippen LogP contribution >= 0.6 is 0 Å². The smallest absolute Gasteiger partial charge is 0.307 e. The molecule has 2 rings (SSSR count). The molecule has 0 aromatic heterocycles. The van der Waals surface area contributed by atoms with Gasteiger partial charge in [-0.25, -0.2) is 0 Å². The van der Waals surface area contributed by atoms with Gasteiger partial charge in [-0.2, -0.15) is 0 Å². The van der Waals surface area contributed by atoms with Crippen molar-refractivity contribution in [3.63, 3.8) is 0 Å². The summed E-state index contributed by atoms with van der Waals surface area (Å²) in [6.45, 7) is 1.82. The Morgan fingerprint density at radius 1 is 1.10 bits per heavy atom. The zero-order valence-corrected chi connectivity index (χ0v) is 11.7. The number of carboxylic acid groups (broad SMARTS) is 1.